The number of hydrogen-bond acceptors (Lipinski definition) is 3. The third-order valence-electron chi connectivity index (χ3n) is 3.23. The molecule has 0 unspecified atom stereocenters. The smallest absolute Gasteiger partial charge is 0.416 e. The molecule has 1 rings (SSSR count). The maximum absolute atomic E-state index is 12.7. The molecule has 9 heteroatoms. The van der Waals surface area contributed by atoms with E-state index in [0.717, 1.165) is 17.0 Å². The second-order valence-corrected chi connectivity index (χ2v) is 6.16. The topological polar surface area (TPSA) is 69.6 Å². The Bertz CT molecular complexity index is 581. The van der Waals surface area contributed by atoms with Crippen LogP contribution >= 0.6 is 11.8 Å². The average molecular weight is 364 g/mol. The molecular weight excluding hydrogens is 345 g/mol. The molecule has 2 N–H and O–H groups in total. The number of carboxylic acid groups (broad SMARTS) is 1. The van der Waals surface area contributed by atoms with Gasteiger partial charge in [-0.05, 0) is 36.1 Å². The van der Waals surface area contributed by atoms with Gasteiger partial charge in [0.2, 0.25) is 0 Å². The molecule has 0 saturated heterocycles. The Morgan fingerprint density at radius 1 is 1.38 bits per heavy atom. The van der Waals surface area contributed by atoms with Crippen molar-refractivity contribution < 1.29 is 27.9 Å². The number of thioether (sulfide) groups is 1. The predicted molar refractivity (Wildman–Crippen MR) is 85.9 cm³/mol. The van der Waals surface area contributed by atoms with Crippen molar-refractivity contribution in [2.45, 2.75) is 25.2 Å². The first-order chi connectivity index (χ1) is 11.1. The van der Waals surface area contributed by atoms with Gasteiger partial charge < -0.3 is 15.3 Å². The van der Waals surface area contributed by atoms with E-state index in [9.17, 15) is 22.8 Å². The van der Waals surface area contributed by atoms with E-state index in [0.29, 0.717) is 11.3 Å². The number of hydrogen-bond donors (Lipinski definition) is 2. The number of amides is 2. The van der Waals surface area contributed by atoms with Gasteiger partial charge in [0, 0.05) is 13.6 Å². The SMILES string of the molecule is CSCC[C@@H](NC(=O)N(C)Cc1cccc(C(F)(F)F)c1)C(=O)O. The number of aliphatic carboxylic acids is 1. The molecule has 1 aromatic rings. The fraction of sp³-hybridized carbons (Fsp3) is 0.467. The predicted octanol–water partition coefficient (Wildman–Crippen LogP) is 3.05. The Balaban J connectivity index is 2.71. The molecule has 0 aliphatic heterocycles. The van der Waals surface area contributed by atoms with Crippen LogP contribution in [-0.2, 0) is 17.5 Å². The zero-order chi connectivity index (χ0) is 18.3. The first-order valence-corrected chi connectivity index (χ1v) is 8.44. The van der Waals surface area contributed by atoms with Crippen LogP contribution in [0.5, 0.6) is 0 Å². The summed E-state index contributed by atoms with van der Waals surface area (Å²) < 4.78 is 38.0. The number of nitrogens with zero attached hydrogens (tertiary/aromatic N) is 1. The summed E-state index contributed by atoms with van der Waals surface area (Å²) in [6.45, 7) is -0.0649. The van der Waals surface area contributed by atoms with Crippen molar-refractivity contribution in [3.05, 3.63) is 35.4 Å². The molecule has 0 heterocycles. The highest BCUT2D eigenvalue weighted by molar-refractivity contribution is 7.98. The van der Waals surface area contributed by atoms with Gasteiger partial charge in [0.25, 0.3) is 0 Å². The highest BCUT2D eigenvalue weighted by Gasteiger charge is 2.30. The summed E-state index contributed by atoms with van der Waals surface area (Å²) in [5.74, 6) is -0.584. The van der Waals surface area contributed by atoms with E-state index >= 15 is 0 Å². The first-order valence-electron chi connectivity index (χ1n) is 7.04. The standard InChI is InChI=1S/C15H19F3N2O3S/c1-20(14(23)19-12(13(21)22)6-7-24-2)9-10-4-3-5-11(8-10)15(16,17)18/h3-5,8,12H,6-7,9H2,1-2H3,(H,19,23)(H,21,22)/t12-/m1/s1. The Morgan fingerprint density at radius 3 is 2.58 bits per heavy atom. The van der Waals surface area contributed by atoms with Gasteiger partial charge in [-0.1, -0.05) is 12.1 Å². The molecule has 2 amide bonds. The van der Waals surface area contributed by atoms with Gasteiger partial charge in [-0.3, -0.25) is 0 Å². The maximum atomic E-state index is 12.7. The molecule has 134 valence electrons. The quantitative estimate of drug-likeness (QED) is 0.780. The van der Waals surface area contributed by atoms with Crippen LogP contribution in [0.2, 0.25) is 0 Å². The molecule has 0 radical (unpaired) electrons. The lowest BCUT2D eigenvalue weighted by atomic mass is 10.1. The summed E-state index contributed by atoms with van der Waals surface area (Å²) in [5, 5.41) is 11.4. The summed E-state index contributed by atoms with van der Waals surface area (Å²) >= 11 is 1.45. The van der Waals surface area contributed by atoms with E-state index in [-0.39, 0.29) is 13.0 Å². The lowest BCUT2D eigenvalue weighted by molar-refractivity contribution is -0.139. The number of carbonyl (C=O) groups excluding carboxylic acids is 1. The van der Waals surface area contributed by atoms with E-state index in [2.05, 4.69) is 5.32 Å². The van der Waals surface area contributed by atoms with Gasteiger partial charge in [-0.25, -0.2) is 9.59 Å². The summed E-state index contributed by atoms with van der Waals surface area (Å²) in [4.78, 5) is 24.3. The molecule has 0 spiro atoms. The van der Waals surface area contributed by atoms with Gasteiger partial charge in [0.1, 0.15) is 6.04 Å². The Labute approximate surface area is 142 Å². The number of urea groups is 1. The lowest BCUT2D eigenvalue weighted by Crippen LogP contribution is -2.46. The molecule has 5 nitrogen and oxygen atoms in total. The minimum Gasteiger partial charge on any atom is -0.480 e. The molecule has 1 aromatic carbocycles. The van der Waals surface area contributed by atoms with Crippen LogP contribution in [0.3, 0.4) is 0 Å². The molecule has 1 atom stereocenters. The molecule has 0 saturated carbocycles. The van der Waals surface area contributed by atoms with E-state index in [1.165, 1.54) is 30.9 Å². The van der Waals surface area contributed by atoms with Crippen molar-refractivity contribution in [3.63, 3.8) is 0 Å². The summed E-state index contributed by atoms with van der Waals surface area (Å²) in [7, 11) is 1.39. The molecule has 0 aliphatic carbocycles. The van der Waals surface area contributed by atoms with Crippen molar-refractivity contribution in [2.24, 2.45) is 0 Å². The van der Waals surface area contributed by atoms with Crippen LogP contribution in [0.4, 0.5) is 18.0 Å². The Hall–Kier alpha value is -1.90. The average Bonchev–Trinajstić information content (AvgIpc) is 2.50. The van der Waals surface area contributed by atoms with Gasteiger partial charge in [0.05, 0.1) is 5.56 Å². The lowest BCUT2D eigenvalue weighted by Gasteiger charge is -2.21. The summed E-state index contributed by atoms with van der Waals surface area (Å²) in [6.07, 6.45) is -2.37. The van der Waals surface area contributed by atoms with E-state index in [1.54, 1.807) is 0 Å². The van der Waals surface area contributed by atoms with Crippen LogP contribution in [0, 0.1) is 0 Å². The fourth-order valence-corrected chi connectivity index (χ4v) is 2.42. The second kappa shape index (κ2) is 8.81. The van der Waals surface area contributed by atoms with Crippen LogP contribution in [0.1, 0.15) is 17.5 Å². The van der Waals surface area contributed by atoms with Gasteiger partial charge in [0.15, 0.2) is 0 Å². The Kier molecular flexibility index (Phi) is 7.40. The van der Waals surface area contributed by atoms with Crippen LogP contribution in [0.15, 0.2) is 24.3 Å². The fourth-order valence-electron chi connectivity index (χ4n) is 1.94. The normalized spacial score (nSPS) is 12.5. The summed E-state index contributed by atoms with van der Waals surface area (Å²) in [6, 6.07) is 2.97. The molecule has 0 fully saturated rings. The van der Waals surface area contributed by atoms with Crippen molar-refractivity contribution in [1.29, 1.82) is 0 Å². The van der Waals surface area contributed by atoms with E-state index < -0.39 is 29.8 Å². The number of rotatable bonds is 7. The number of benzene rings is 1. The van der Waals surface area contributed by atoms with Gasteiger partial charge in [-0.15, -0.1) is 0 Å². The number of alkyl halides is 3. The number of carbonyl (C=O) groups is 2. The Morgan fingerprint density at radius 2 is 2.04 bits per heavy atom. The van der Waals surface area contributed by atoms with Crippen LogP contribution in [0.25, 0.3) is 0 Å². The number of nitrogens with one attached hydrogen (secondary N) is 1. The number of halogens is 3. The molecule has 0 aromatic heterocycles. The third kappa shape index (κ3) is 6.31. The van der Waals surface area contributed by atoms with Crippen molar-refractivity contribution in [1.82, 2.24) is 10.2 Å². The zero-order valence-electron chi connectivity index (χ0n) is 13.3. The maximum Gasteiger partial charge on any atom is 0.416 e. The van der Waals surface area contributed by atoms with Crippen molar-refractivity contribution >= 4 is 23.8 Å². The second-order valence-electron chi connectivity index (χ2n) is 5.18. The minimum absolute atomic E-state index is 0.0649. The van der Waals surface area contributed by atoms with Gasteiger partial charge in [-0.2, -0.15) is 24.9 Å². The monoisotopic (exact) mass is 364 g/mol. The molecular formula is C15H19F3N2O3S. The molecule has 0 aliphatic rings. The molecule has 24 heavy (non-hydrogen) atoms. The summed E-state index contributed by atoms with van der Waals surface area (Å²) in [5.41, 5.74) is -0.490. The van der Waals surface area contributed by atoms with Crippen LogP contribution < -0.4 is 5.32 Å². The zero-order valence-corrected chi connectivity index (χ0v) is 14.1. The minimum atomic E-state index is -4.46. The third-order valence-corrected chi connectivity index (χ3v) is 3.87. The molecule has 0 bridgehead atoms. The number of carboxylic acids is 1. The highest BCUT2D eigenvalue weighted by Crippen LogP contribution is 2.29. The first kappa shape index (κ1) is 20.1. The largest absolute Gasteiger partial charge is 0.480 e. The van der Waals surface area contributed by atoms with E-state index in [4.69, 9.17) is 5.11 Å². The van der Waals surface area contributed by atoms with Crippen molar-refractivity contribution in [2.75, 3.05) is 19.1 Å². The van der Waals surface area contributed by atoms with Crippen molar-refractivity contribution in [3.8, 4) is 0 Å². The van der Waals surface area contributed by atoms with Gasteiger partial charge >= 0.3 is 18.2 Å². The van der Waals surface area contributed by atoms with E-state index in [1.807, 2.05) is 6.26 Å². The van der Waals surface area contributed by atoms with Crippen LogP contribution in [-0.4, -0.2) is 47.1 Å². The highest BCUT2D eigenvalue weighted by atomic mass is 32.2.